The summed E-state index contributed by atoms with van der Waals surface area (Å²) < 4.78 is 15.0. The lowest BCUT2D eigenvalue weighted by molar-refractivity contribution is 0.249. The number of imidazole rings is 1. The lowest BCUT2D eigenvalue weighted by Crippen LogP contribution is -2.34. The third kappa shape index (κ3) is 3.60. The van der Waals surface area contributed by atoms with Gasteiger partial charge in [0.15, 0.2) is 0 Å². The van der Waals surface area contributed by atoms with Crippen LogP contribution < -0.4 is 10.6 Å². The molecule has 2 N–H and O–H groups in total. The molecule has 1 heterocycles. The van der Waals surface area contributed by atoms with Crippen molar-refractivity contribution >= 4 is 11.7 Å². The number of para-hydroxylation sites is 1. The molecule has 0 radical (unpaired) electrons. The maximum Gasteiger partial charge on any atom is 0.320 e. The highest BCUT2D eigenvalue weighted by atomic mass is 19.1. The van der Waals surface area contributed by atoms with Crippen molar-refractivity contribution in [1.29, 1.82) is 0 Å². The van der Waals surface area contributed by atoms with Gasteiger partial charge in [0.05, 0.1) is 0 Å². The number of benzene rings is 2. The van der Waals surface area contributed by atoms with Crippen molar-refractivity contribution in [2.24, 2.45) is 7.05 Å². The van der Waals surface area contributed by atoms with Crippen LogP contribution >= 0.6 is 0 Å². The molecule has 2 aromatic carbocycles. The van der Waals surface area contributed by atoms with Crippen LogP contribution in [0.15, 0.2) is 67.0 Å². The van der Waals surface area contributed by atoms with Crippen molar-refractivity contribution in [2.75, 3.05) is 5.32 Å². The highest BCUT2D eigenvalue weighted by Crippen LogP contribution is 2.21. The molecule has 1 atom stereocenters. The Labute approximate surface area is 139 Å². The smallest absolute Gasteiger partial charge is 0.320 e. The summed E-state index contributed by atoms with van der Waals surface area (Å²) in [7, 11) is 1.84. The number of halogens is 1. The Morgan fingerprint density at radius 1 is 1.12 bits per heavy atom. The third-order valence-corrected chi connectivity index (χ3v) is 3.63. The topological polar surface area (TPSA) is 59.0 Å². The average Bonchev–Trinajstić information content (AvgIpc) is 3.00. The molecule has 0 aliphatic carbocycles. The molecule has 3 rings (SSSR count). The number of rotatable bonds is 4. The van der Waals surface area contributed by atoms with E-state index >= 15 is 0 Å². The van der Waals surface area contributed by atoms with Crippen LogP contribution in [0.25, 0.3) is 0 Å². The Balaban J connectivity index is 1.84. The summed E-state index contributed by atoms with van der Waals surface area (Å²) in [6.45, 7) is 0. The molecule has 0 spiro atoms. The van der Waals surface area contributed by atoms with Gasteiger partial charge in [-0.1, -0.05) is 30.3 Å². The molecule has 1 aromatic heterocycles. The summed E-state index contributed by atoms with van der Waals surface area (Å²) in [5.41, 5.74) is 1.43. The molecular weight excluding hydrogens is 307 g/mol. The van der Waals surface area contributed by atoms with Crippen molar-refractivity contribution in [3.8, 4) is 0 Å². The summed E-state index contributed by atoms with van der Waals surface area (Å²) in [5, 5.41) is 5.66. The van der Waals surface area contributed by atoms with E-state index in [-0.39, 0.29) is 11.8 Å². The fourth-order valence-corrected chi connectivity index (χ4v) is 2.43. The van der Waals surface area contributed by atoms with Crippen LogP contribution in [0.1, 0.15) is 17.4 Å². The first-order chi connectivity index (χ1) is 11.6. The number of urea groups is 1. The Morgan fingerprint density at radius 3 is 2.46 bits per heavy atom. The number of nitrogens with zero attached hydrogens (tertiary/aromatic N) is 2. The van der Waals surface area contributed by atoms with Gasteiger partial charge in [-0.25, -0.2) is 14.2 Å². The van der Waals surface area contributed by atoms with Crippen molar-refractivity contribution in [1.82, 2.24) is 14.9 Å². The summed E-state index contributed by atoms with van der Waals surface area (Å²) in [6.07, 6.45) is 3.45. The van der Waals surface area contributed by atoms with Gasteiger partial charge in [-0.3, -0.25) is 0 Å². The third-order valence-electron chi connectivity index (χ3n) is 3.63. The van der Waals surface area contributed by atoms with Crippen LogP contribution in [0.4, 0.5) is 14.9 Å². The summed E-state index contributed by atoms with van der Waals surface area (Å²) in [5.74, 6) is 0.330. The van der Waals surface area contributed by atoms with E-state index in [9.17, 15) is 9.18 Å². The second-order valence-corrected chi connectivity index (χ2v) is 5.35. The minimum Gasteiger partial charge on any atom is -0.336 e. The van der Waals surface area contributed by atoms with E-state index in [1.54, 1.807) is 36.7 Å². The van der Waals surface area contributed by atoms with Crippen molar-refractivity contribution < 1.29 is 9.18 Å². The Bertz CT molecular complexity index is 815. The molecular formula is C18H17FN4O. The number of aromatic nitrogens is 2. The number of carbonyl (C=O) groups is 1. The maximum absolute atomic E-state index is 13.2. The van der Waals surface area contributed by atoms with Crippen LogP contribution in [0.5, 0.6) is 0 Å². The molecule has 0 saturated carbocycles. The lowest BCUT2D eigenvalue weighted by Gasteiger charge is -2.19. The molecule has 0 saturated heterocycles. The van der Waals surface area contributed by atoms with E-state index in [2.05, 4.69) is 15.6 Å². The minimum atomic E-state index is -0.491. The highest BCUT2D eigenvalue weighted by Gasteiger charge is 2.20. The first kappa shape index (κ1) is 15.7. The van der Waals surface area contributed by atoms with Crippen LogP contribution in [-0.2, 0) is 7.05 Å². The SMILES string of the molecule is Cn1ccnc1[C@H](NC(=O)Nc1ccccc1)c1ccc(F)cc1. The normalized spacial score (nSPS) is 11.8. The van der Waals surface area contributed by atoms with Crippen molar-refractivity contribution in [3.05, 3.63) is 84.2 Å². The fraction of sp³-hybridized carbons (Fsp3) is 0.111. The number of carbonyl (C=O) groups excluding carboxylic acids is 1. The Morgan fingerprint density at radius 2 is 1.83 bits per heavy atom. The van der Waals surface area contributed by atoms with E-state index in [1.165, 1.54) is 12.1 Å². The molecule has 0 bridgehead atoms. The quantitative estimate of drug-likeness (QED) is 0.772. The van der Waals surface area contributed by atoms with Crippen molar-refractivity contribution in [3.63, 3.8) is 0 Å². The van der Waals surface area contributed by atoms with Crippen LogP contribution in [0.3, 0.4) is 0 Å². The maximum atomic E-state index is 13.2. The summed E-state index contributed by atoms with van der Waals surface area (Å²) in [4.78, 5) is 16.6. The van der Waals surface area contributed by atoms with Gasteiger partial charge in [0, 0.05) is 25.1 Å². The fourth-order valence-electron chi connectivity index (χ4n) is 2.43. The van der Waals surface area contributed by atoms with E-state index in [1.807, 2.05) is 29.8 Å². The minimum absolute atomic E-state index is 0.328. The molecule has 3 aromatic rings. The van der Waals surface area contributed by atoms with Crippen LogP contribution in [0.2, 0.25) is 0 Å². The Hall–Kier alpha value is -3.15. The van der Waals surface area contributed by atoms with Gasteiger partial charge in [0.1, 0.15) is 17.7 Å². The van der Waals surface area contributed by atoms with E-state index in [0.29, 0.717) is 11.5 Å². The number of hydrogen-bond acceptors (Lipinski definition) is 2. The average molecular weight is 324 g/mol. The summed E-state index contributed by atoms with van der Waals surface area (Å²) >= 11 is 0. The first-order valence-electron chi connectivity index (χ1n) is 7.49. The molecule has 0 aliphatic rings. The lowest BCUT2D eigenvalue weighted by atomic mass is 10.1. The van der Waals surface area contributed by atoms with E-state index in [4.69, 9.17) is 0 Å². The highest BCUT2D eigenvalue weighted by molar-refractivity contribution is 5.89. The second kappa shape index (κ2) is 6.95. The zero-order valence-electron chi connectivity index (χ0n) is 13.1. The van der Waals surface area contributed by atoms with Crippen LogP contribution in [-0.4, -0.2) is 15.6 Å². The Kier molecular flexibility index (Phi) is 4.56. The molecule has 2 amide bonds. The predicted molar refractivity (Wildman–Crippen MR) is 90.0 cm³/mol. The number of anilines is 1. The molecule has 0 fully saturated rings. The van der Waals surface area contributed by atoms with Gasteiger partial charge in [-0.15, -0.1) is 0 Å². The zero-order chi connectivity index (χ0) is 16.9. The number of hydrogen-bond donors (Lipinski definition) is 2. The monoisotopic (exact) mass is 324 g/mol. The number of amides is 2. The molecule has 5 nitrogen and oxygen atoms in total. The summed E-state index contributed by atoms with van der Waals surface area (Å²) in [6, 6.07) is 14.3. The number of aryl methyl sites for hydroxylation is 1. The van der Waals surface area contributed by atoms with Crippen LogP contribution in [0, 0.1) is 5.82 Å². The standard InChI is InChI=1S/C18H17FN4O/c1-23-12-11-20-17(23)16(13-7-9-14(19)10-8-13)22-18(24)21-15-5-3-2-4-6-15/h2-12,16H,1H3,(H2,21,22,24)/t16-/m1/s1. The molecule has 122 valence electrons. The van der Waals surface area contributed by atoms with Gasteiger partial charge in [-0.2, -0.15) is 0 Å². The van der Waals surface area contributed by atoms with E-state index in [0.717, 1.165) is 5.56 Å². The van der Waals surface area contributed by atoms with Gasteiger partial charge < -0.3 is 15.2 Å². The number of nitrogens with one attached hydrogen (secondary N) is 2. The van der Waals surface area contributed by atoms with E-state index < -0.39 is 6.04 Å². The van der Waals surface area contributed by atoms with Crippen molar-refractivity contribution in [2.45, 2.75) is 6.04 Å². The molecule has 24 heavy (non-hydrogen) atoms. The predicted octanol–water partition coefficient (Wildman–Crippen LogP) is 3.47. The molecule has 0 unspecified atom stereocenters. The van der Waals surface area contributed by atoms with Gasteiger partial charge in [-0.05, 0) is 29.8 Å². The molecule has 0 aliphatic heterocycles. The van der Waals surface area contributed by atoms with Gasteiger partial charge >= 0.3 is 6.03 Å². The van der Waals surface area contributed by atoms with Gasteiger partial charge in [0.2, 0.25) is 0 Å². The zero-order valence-corrected chi connectivity index (χ0v) is 13.1. The largest absolute Gasteiger partial charge is 0.336 e. The second-order valence-electron chi connectivity index (χ2n) is 5.35. The molecule has 6 heteroatoms. The first-order valence-corrected chi connectivity index (χ1v) is 7.49. The van der Waals surface area contributed by atoms with Gasteiger partial charge in [0.25, 0.3) is 0 Å².